The smallest absolute Gasteiger partial charge is 0.227 e. The van der Waals surface area contributed by atoms with E-state index in [2.05, 4.69) is 13.0 Å². The molecule has 1 amide bonds. The second-order valence-electron chi connectivity index (χ2n) is 9.87. The first-order chi connectivity index (χ1) is 17.1. The topological polar surface area (TPSA) is 56.6 Å². The van der Waals surface area contributed by atoms with Crippen LogP contribution in [0.4, 0.5) is 0 Å². The van der Waals surface area contributed by atoms with E-state index in [9.17, 15) is 4.79 Å². The minimum atomic E-state index is 0.103. The Labute approximate surface area is 207 Å². The molecule has 6 nitrogen and oxygen atoms in total. The summed E-state index contributed by atoms with van der Waals surface area (Å²) in [6.45, 7) is 5.92. The molecule has 184 valence electrons. The first-order valence-electron chi connectivity index (χ1n) is 12.9. The molecule has 0 bridgehead atoms. The number of hydrogen-bond acceptors (Lipinski definition) is 4. The first kappa shape index (κ1) is 23.6. The third-order valence-corrected chi connectivity index (χ3v) is 7.16. The molecule has 1 aliphatic carbocycles. The molecule has 1 atom stereocenters. The Hall–Kier alpha value is -3.12. The third kappa shape index (κ3) is 5.43. The monoisotopic (exact) mass is 473 g/mol. The second-order valence-corrected chi connectivity index (χ2v) is 9.87. The highest BCUT2D eigenvalue weighted by Gasteiger charge is 2.32. The van der Waals surface area contributed by atoms with Gasteiger partial charge >= 0.3 is 0 Å². The summed E-state index contributed by atoms with van der Waals surface area (Å²) in [6.07, 6.45) is 6.40. The summed E-state index contributed by atoms with van der Waals surface area (Å²) in [5.41, 5.74) is 3.87. The molecular formula is C29H35N3O3. The molecular weight excluding hydrogens is 438 g/mol. The molecule has 1 saturated heterocycles. The fourth-order valence-electron chi connectivity index (χ4n) is 5.25. The van der Waals surface area contributed by atoms with E-state index in [0.29, 0.717) is 19.0 Å². The summed E-state index contributed by atoms with van der Waals surface area (Å²) in [6, 6.07) is 18.1. The van der Waals surface area contributed by atoms with Crippen LogP contribution < -0.4 is 4.74 Å². The average Bonchev–Trinajstić information content (AvgIpc) is 3.63. The number of nitrogens with zero attached hydrogens (tertiary/aromatic N) is 3. The van der Waals surface area contributed by atoms with Gasteiger partial charge in [0, 0.05) is 19.1 Å². The molecule has 2 fully saturated rings. The lowest BCUT2D eigenvalue weighted by atomic mass is 10.1. The lowest BCUT2D eigenvalue weighted by Gasteiger charge is -2.28. The van der Waals surface area contributed by atoms with Crippen molar-refractivity contribution in [3.05, 3.63) is 71.4 Å². The van der Waals surface area contributed by atoms with Gasteiger partial charge in [-0.1, -0.05) is 43.2 Å². The summed E-state index contributed by atoms with van der Waals surface area (Å²) in [5.74, 6) is 1.78. The van der Waals surface area contributed by atoms with Gasteiger partial charge in [-0.05, 0) is 69.4 Å². The molecule has 1 aromatic heterocycles. The van der Waals surface area contributed by atoms with Gasteiger partial charge in [-0.2, -0.15) is 5.10 Å². The van der Waals surface area contributed by atoms with E-state index in [1.165, 1.54) is 0 Å². The van der Waals surface area contributed by atoms with Gasteiger partial charge in [-0.25, -0.2) is 4.68 Å². The van der Waals surface area contributed by atoms with Gasteiger partial charge in [0.25, 0.3) is 0 Å². The minimum Gasteiger partial charge on any atom is -0.439 e. The Bertz CT molecular complexity index is 1150. The molecule has 1 aliphatic heterocycles. The third-order valence-electron chi connectivity index (χ3n) is 7.16. The molecule has 2 aliphatic rings. The van der Waals surface area contributed by atoms with Crippen molar-refractivity contribution in [2.75, 3.05) is 13.2 Å². The molecule has 0 radical (unpaired) electrons. The zero-order chi connectivity index (χ0) is 24.2. The van der Waals surface area contributed by atoms with Crippen LogP contribution in [0.3, 0.4) is 0 Å². The van der Waals surface area contributed by atoms with E-state index >= 15 is 0 Å². The molecule has 1 saturated carbocycles. The zero-order valence-corrected chi connectivity index (χ0v) is 20.8. The van der Waals surface area contributed by atoms with E-state index in [4.69, 9.17) is 14.6 Å². The van der Waals surface area contributed by atoms with Crippen LogP contribution >= 0.6 is 0 Å². The van der Waals surface area contributed by atoms with Gasteiger partial charge in [-0.15, -0.1) is 0 Å². The molecule has 6 heteroatoms. The highest BCUT2D eigenvalue weighted by atomic mass is 16.5. The number of rotatable bonds is 8. The van der Waals surface area contributed by atoms with Crippen LogP contribution in [-0.2, 0) is 16.1 Å². The number of aromatic nitrogens is 2. The van der Waals surface area contributed by atoms with Gasteiger partial charge in [0.15, 0.2) is 0 Å². The van der Waals surface area contributed by atoms with Crippen molar-refractivity contribution in [1.29, 1.82) is 0 Å². The standard InChI is InChI=1S/C29H35N3O3/c1-21-10-8-15-25(18-21)35-29-27(22(2)30-32(29)24-13-4-3-5-14-24)20-31(19-26-16-9-17-34-26)28(33)23-11-6-7-12-23/h3-5,8,10,13-15,18,23,26H,6-7,9,11-12,16-17,19-20H2,1-2H3/t26-/m0/s1. The van der Waals surface area contributed by atoms with E-state index < -0.39 is 0 Å². The maximum atomic E-state index is 13.6. The lowest BCUT2D eigenvalue weighted by Crippen LogP contribution is -2.40. The van der Waals surface area contributed by atoms with Gasteiger partial charge in [0.2, 0.25) is 11.8 Å². The Morgan fingerprint density at radius 2 is 1.86 bits per heavy atom. The van der Waals surface area contributed by atoms with Crippen LogP contribution in [0.25, 0.3) is 5.69 Å². The molecule has 0 N–H and O–H groups in total. The first-order valence-corrected chi connectivity index (χ1v) is 12.9. The normalized spacial score (nSPS) is 18.2. The summed E-state index contributed by atoms with van der Waals surface area (Å²) < 4.78 is 14.3. The van der Waals surface area contributed by atoms with Crippen molar-refractivity contribution in [2.24, 2.45) is 5.92 Å². The summed E-state index contributed by atoms with van der Waals surface area (Å²) in [4.78, 5) is 15.7. The number of benzene rings is 2. The van der Waals surface area contributed by atoms with Crippen LogP contribution in [0.1, 0.15) is 55.3 Å². The molecule has 35 heavy (non-hydrogen) atoms. The van der Waals surface area contributed by atoms with Crippen molar-refractivity contribution >= 4 is 5.91 Å². The van der Waals surface area contributed by atoms with Crippen LogP contribution in [0.2, 0.25) is 0 Å². The average molecular weight is 474 g/mol. The summed E-state index contributed by atoms with van der Waals surface area (Å²) in [5, 5.41) is 4.86. The van der Waals surface area contributed by atoms with Gasteiger partial charge in [0.05, 0.1) is 29.6 Å². The maximum absolute atomic E-state index is 13.6. The quantitative estimate of drug-likeness (QED) is 0.404. The highest BCUT2D eigenvalue weighted by molar-refractivity contribution is 5.79. The van der Waals surface area contributed by atoms with E-state index in [0.717, 1.165) is 73.4 Å². The highest BCUT2D eigenvalue weighted by Crippen LogP contribution is 2.34. The number of aryl methyl sites for hydroxylation is 2. The number of carbonyl (C=O) groups excluding carboxylic acids is 1. The Morgan fingerprint density at radius 1 is 1.06 bits per heavy atom. The number of ether oxygens (including phenoxy) is 2. The SMILES string of the molecule is Cc1cccc(Oc2c(CN(C[C@@H]3CCCO3)C(=O)C3CCCC3)c(C)nn2-c2ccccc2)c1. The van der Waals surface area contributed by atoms with E-state index in [-0.39, 0.29) is 17.9 Å². The molecule has 0 unspecified atom stereocenters. The molecule has 2 heterocycles. The molecule has 5 rings (SSSR count). The van der Waals surface area contributed by atoms with Crippen LogP contribution in [-0.4, -0.2) is 39.8 Å². The predicted molar refractivity (Wildman–Crippen MR) is 136 cm³/mol. The lowest BCUT2D eigenvalue weighted by molar-refractivity contribution is -0.137. The Morgan fingerprint density at radius 3 is 2.57 bits per heavy atom. The molecule has 2 aromatic carbocycles. The summed E-state index contributed by atoms with van der Waals surface area (Å²) >= 11 is 0. The summed E-state index contributed by atoms with van der Waals surface area (Å²) in [7, 11) is 0. The van der Waals surface area contributed by atoms with Crippen LogP contribution in [0.5, 0.6) is 11.6 Å². The van der Waals surface area contributed by atoms with Crippen LogP contribution in [0, 0.1) is 19.8 Å². The van der Waals surface area contributed by atoms with Gasteiger partial charge < -0.3 is 14.4 Å². The van der Waals surface area contributed by atoms with E-state index in [1.54, 1.807) is 0 Å². The number of carbonyl (C=O) groups is 1. The maximum Gasteiger partial charge on any atom is 0.227 e. The largest absolute Gasteiger partial charge is 0.439 e. The minimum absolute atomic E-state index is 0.103. The fourth-order valence-corrected chi connectivity index (χ4v) is 5.25. The van der Waals surface area contributed by atoms with Crippen molar-refractivity contribution in [3.63, 3.8) is 0 Å². The van der Waals surface area contributed by atoms with Gasteiger partial charge in [0.1, 0.15) is 5.75 Å². The van der Waals surface area contributed by atoms with Crippen molar-refractivity contribution in [1.82, 2.24) is 14.7 Å². The second kappa shape index (κ2) is 10.6. The molecule has 3 aromatic rings. The fraction of sp³-hybridized carbons (Fsp3) is 0.448. The Balaban J connectivity index is 1.51. The van der Waals surface area contributed by atoms with E-state index in [1.807, 2.05) is 65.0 Å². The number of amides is 1. The number of para-hydroxylation sites is 1. The van der Waals surface area contributed by atoms with Gasteiger partial charge in [-0.3, -0.25) is 4.79 Å². The zero-order valence-electron chi connectivity index (χ0n) is 20.8. The van der Waals surface area contributed by atoms with Crippen LogP contribution in [0.15, 0.2) is 54.6 Å². The van der Waals surface area contributed by atoms with Crippen molar-refractivity contribution < 1.29 is 14.3 Å². The predicted octanol–water partition coefficient (Wildman–Crippen LogP) is 5.98. The Kier molecular flexibility index (Phi) is 7.19. The molecule has 0 spiro atoms. The number of hydrogen-bond donors (Lipinski definition) is 0. The van der Waals surface area contributed by atoms with Crippen molar-refractivity contribution in [3.8, 4) is 17.3 Å². The van der Waals surface area contributed by atoms with Crippen molar-refractivity contribution in [2.45, 2.75) is 65.0 Å².